The molecule has 0 amide bonds. The first-order valence-electron chi connectivity index (χ1n) is 3.55. The highest BCUT2D eigenvalue weighted by atomic mass is 16.5. The Labute approximate surface area is 70.6 Å². The largest absolute Gasteiger partial charge is 0.479 e. The van der Waals surface area contributed by atoms with Crippen molar-refractivity contribution < 1.29 is 14.6 Å². The number of ether oxygens (including phenoxy) is 1. The van der Waals surface area contributed by atoms with Gasteiger partial charge in [-0.3, -0.25) is 0 Å². The normalized spacial score (nSPS) is 12.1. The highest BCUT2D eigenvalue weighted by Gasteiger charge is 2.11. The number of hydrogen-bond acceptors (Lipinski definition) is 2. The Morgan fingerprint density at radius 1 is 1.58 bits per heavy atom. The third-order valence-corrected chi connectivity index (χ3v) is 1.35. The van der Waals surface area contributed by atoms with Crippen LogP contribution in [-0.4, -0.2) is 17.2 Å². The first kappa shape index (κ1) is 8.59. The second-order valence-corrected chi connectivity index (χ2v) is 2.33. The van der Waals surface area contributed by atoms with Gasteiger partial charge in [-0.15, -0.1) is 0 Å². The summed E-state index contributed by atoms with van der Waals surface area (Å²) in [7, 11) is 0. The van der Waals surface area contributed by atoms with Crippen LogP contribution in [-0.2, 0) is 4.79 Å². The number of carbonyl (C=O) groups is 1. The second kappa shape index (κ2) is 3.76. The van der Waals surface area contributed by atoms with Crippen LogP contribution in [0.1, 0.15) is 6.92 Å². The maximum atomic E-state index is 10.4. The molecule has 1 aromatic carbocycles. The molecule has 1 rings (SSSR count). The van der Waals surface area contributed by atoms with Crippen LogP contribution in [0.5, 0.6) is 5.75 Å². The zero-order valence-electron chi connectivity index (χ0n) is 6.65. The van der Waals surface area contributed by atoms with Crippen LogP contribution in [0, 0.1) is 6.07 Å². The molecule has 1 N–H and O–H groups in total. The Kier molecular flexibility index (Phi) is 2.69. The van der Waals surface area contributed by atoms with Gasteiger partial charge in [0.1, 0.15) is 5.75 Å². The van der Waals surface area contributed by atoms with Crippen LogP contribution in [0.15, 0.2) is 24.3 Å². The summed E-state index contributed by atoms with van der Waals surface area (Å²) in [5, 5.41) is 8.51. The van der Waals surface area contributed by atoms with Gasteiger partial charge in [-0.25, -0.2) is 4.79 Å². The summed E-state index contributed by atoms with van der Waals surface area (Å²) in [5.74, 6) is -0.425. The smallest absolute Gasteiger partial charge is 0.344 e. The number of carboxylic acids is 1. The lowest BCUT2D eigenvalue weighted by Gasteiger charge is -2.08. The molecule has 1 atom stereocenters. The Balaban J connectivity index is 2.58. The monoisotopic (exact) mass is 165 g/mol. The van der Waals surface area contributed by atoms with Gasteiger partial charge >= 0.3 is 5.97 Å². The minimum atomic E-state index is -0.970. The van der Waals surface area contributed by atoms with Gasteiger partial charge in [0.15, 0.2) is 6.10 Å². The quantitative estimate of drug-likeness (QED) is 0.735. The molecule has 3 heteroatoms. The fourth-order valence-electron chi connectivity index (χ4n) is 0.705. The summed E-state index contributed by atoms with van der Waals surface area (Å²) >= 11 is 0. The van der Waals surface area contributed by atoms with Crippen molar-refractivity contribution in [3.63, 3.8) is 0 Å². The van der Waals surface area contributed by atoms with Gasteiger partial charge in [0, 0.05) is 0 Å². The van der Waals surface area contributed by atoms with Crippen LogP contribution in [0.4, 0.5) is 0 Å². The molecule has 1 aromatic rings. The zero-order chi connectivity index (χ0) is 8.97. The van der Waals surface area contributed by atoms with E-state index < -0.39 is 12.1 Å². The molecule has 3 nitrogen and oxygen atoms in total. The molecule has 0 aromatic heterocycles. The number of aliphatic carboxylic acids is 1. The summed E-state index contributed by atoms with van der Waals surface area (Å²) in [5.41, 5.74) is 0. The van der Waals surface area contributed by atoms with Crippen molar-refractivity contribution in [2.24, 2.45) is 0 Å². The molecule has 63 valence electrons. The molecule has 12 heavy (non-hydrogen) atoms. The van der Waals surface area contributed by atoms with Crippen molar-refractivity contribution in [2.75, 3.05) is 0 Å². The first-order chi connectivity index (χ1) is 5.70. The Hall–Kier alpha value is -1.51. The van der Waals surface area contributed by atoms with Gasteiger partial charge in [-0.05, 0) is 25.1 Å². The number of benzene rings is 1. The molecular formula is C9H9O3. The van der Waals surface area contributed by atoms with Gasteiger partial charge in [-0.1, -0.05) is 12.1 Å². The molecule has 0 saturated carbocycles. The van der Waals surface area contributed by atoms with E-state index in [0.29, 0.717) is 5.75 Å². The maximum Gasteiger partial charge on any atom is 0.344 e. The van der Waals surface area contributed by atoms with E-state index in [-0.39, 0.29) is 0 Å². The molecule has 0 bridgehead atoms. The number of rotatable bonds is 3. The summed E-state index contributed by atoms with van der Waals surface area (Å²) in [4.78, 5) is 10.4. The van der Waals surface area contributed by atoms with Crippen LogP contribution >= 0.6 is 0 Å². The van der Waals surface area contributed by atoms with E-state index in [1.165, 1.54) is 6.92 Å². The standard InChI is InChI=1S/C9H9O3/c1-7(9(10)11)12-8-5-3-2-4-6-8/h3-7H,1H3,(H,10,11). The summed E-state index contributed by atoms with van der Waals surface area (Å²) in [6.45, 7) is 1.49. The molecule has 1 unspecified atom stereocenters. The van der Waals surface area contributed by atoms with Crippen molar-refractivity contribution >= 4 is 5.97 Å². The SMILES string of the molecule is CC(Oc1cc[c]cc1)C(=O)O. The summed E-state index contributed by atoms with van der Waals surface area (Å²) < 4.78 is 5.06. The minimum Gasteiger partial charge on any atom is -0.479 e. The van der Waals surface area contributed by atoms with E-state index >= 15 is 0 Å². The average molecular weight is 165 g/mol. The number of hydrogen-bond donors (Lipinski definition) is 1. The van der Waals surface area contributed by atoms with Crippen LogP contribution in [0.25, 0.3) is 0 Å². The van der Waals surface area contributed by atoms with E-state index in [0.717, 1.165) is 0 Å². The fourth-order valence-corrected chi connectivity index (χ4v) is 0.705. The number of carboxylic acid groups (broad SMARTS) is 1. The minimum absolute atomic E-state index is 0.545. The fraction of sp³-hybridized carbons (Fsp3) is 0.222. The molecular weight excluding hydrogens is 156 g/mol. The third kappa shape index (κ3) is 2.27. The predicted molar refractivity (Wildman–Crippen MR) is 43.0 cm³/mol. The summed E-state index contributed by atoms with van der Waals surface area (Å²) in [6, 6.07) is 9.48. The van der Waals surface area contributed by atoms with Gasteiger partial charge in [0.25, 0.3) is 0 Å². The van der Waals surface area contributed by atoms with E-state index in [4.69, 9.17) is 9.84 Å². The van der Waals surface area contributed by atoms with Crippen LogP contribution < -0.4 is 4.74 Å². The molecule has 0 fully saturated rings. The van der Waals surface area contributed by atoms with E-state index in [1.807, 2.05) is 0 Å². The Bertz CT molecular complexity index is 256. The van der Waals surface area contributed by atoms with Crippen molar-refractivity contribution in [3.8, 4) is 5.75 Å². The van der Waals surface area contributed by atoms with E-state index in [9.17, 15) is 4.79 Å². The van der Waals surface area contributed by atoms with Gasteiger partial charge in [0.2, 0.25) is 0 Å². The van der Waals surface area contributed by atoms with Gasteiger partial charge in [0.05, 0.1) is 0 Å². The average Bonchev–Trinajstić information content (AvgIpc) is 2.06. The molecule has 1 radical (unpaired) electrons. The van der Waals surface area contributed by atoms with Crippen molar-refractivity contribution in [1.82, 2.24) is 0 Å². The summed E-state index contributed by atoms with van der Waals surface area (Å²) in [6.07, 6.45) is -0.813. The van der Waals surface area contributed by atoms with E-state index in [2.05, 4.69) is 6.07 Å². The second-order valence-electron chi connectivity index (χ2n) is 2.33. The van der Waals surface area contributed by atoms with Crippen molar-refractivity contribution in [3.05, 3.63) is 30.3 Å². The lowest BCUT2D eigenvalue weighted by atomic mass is 10.3. The topological polar surface area (TPSA) is 46.5 Å². The maximum absolute atomic E-state index is 10.4. The Morgan fingerprint density at radius 3 is 2.67 bits per heavy atom. The highest BCUT2D eigenvalue weighted by molar-refractivity contribution is 5.72. The van der Waals surface area contributed by atoms with Crippen LogP contribution in [0.3, 0.4) is 0 Å². The third-order valence-electron chi connectivity index (χ3n) is 1.35. The Morgan fingerprint density at radius 2 is 2.17 bits per heavy atom. The molecule has 0 aliphatic rings. The lowest BCUT2D eigenvalue weighted by Crippen LogP contribution is -2.22. The predicted octanol–water partition coefficient (Wildman–Crippen LogP) is 1.34. The van der Waals surface area contributed by atoms with E-state index in [1.54, 1.807) is 24.3 Å². The highest BCUT2D eigenvalue weighted by Crippen LogP contribution is 2.10. The lowest BCUT2D eigenvalue weighted by molar-refractivity contribution is -0.144. The molecule has 0 aliphatic heterocycles. The van der Waals surface area contributed by atoms with Crippen molar-refractivity contribution in [1.29, 1.82) is 0 Å². The zero-order valence-corrected chi connectivity index (χ0v) is 6.65. The molecule has 0 aliphatic carbocycles. The van der Waals surface area contributed by atoms with Crippen molar-refractivity contribution in [2.45, 2.75) is 13.0 Å². The molecule has 0 heterocycles. The molecule has 0 saturated heterocycles. The molecule has 0 spiro atoms. The first-order valence-corrected chi connectivity index (χ1v) is 3.55. The van der Waals surface area contributed by atoms with Gasteiger partial charge in [-0.2, -0.15) is 0 Å². The van der Waals surface area contributed by atoms with Gasteiger partial charge < -0.3 is 9.84 Å². The van der Waals surface area contributed by atoms with Crippen LogP contribution in [0.2, 0.25) is 0 Å².